The standard InChI is InChI=1S/C16H12ClN7.CH3I/c1-9-19-16(24-23-9)22-14-10-4-2-3-5-13(10)20-15(21-14)11-8-18-7-6-12(11)17;1-2/h2-8H,1H3,(H2,19,20,21,22,23,24);1H3. The third kappa shape index (κ3) is 3.91. The molecular formula is C17H15ClIN7. The van der Waals surface area contributed by atoms with Crippen molar-refractivity contribution in [1.82, 2.24) is 30.1 Å². The van der Waals surface area contributed by atoms with E-state index in [0.29, 0.717) is 34.0 Å². The van der Waals surface area contributed by atoms with Gasteiger partial charge in [0.1, 0.15) is 11.6 Å². The Balaban J connectivity index is 0.000000948. The molecule has 0 saturated carbocycles. The van der Waals surface area contributed by atoms with Crippen molar-refractivity contribution >= 4 is 56.9 Å². The zero-order valence-corrected chi connectivity index (χ0v) is 16.9. The summed E-state index contributed by atoms with van der Waals surface area (Å²) in [6, 6.07) is 9.41. The number of fused-ring (bicyclic) bond motifs is 1. The fourth-order valence-electron chi connectivity index (χ4n) is 2.34. The van der Waals surface area contributed by atoms with Crippen molar-refractivity contribution in [2.24, 2.45) is 0 Å². The van der Waals surface area contributed by atoms with E-state index in [9.17, 15) is 0 Å². The van der Waals surface area contributed by atoms with Crippen molar-refractivity contribution in [3.63, 3.8) is 0 Å². The van der Waals surface area contributed by atoms with Gasteiger partial charge in [-0.3, -0.25) is 10.1 Å². The van der Waals surface area contributed by atoms with E-state index in [1.54, 1.807) is 18.5 Å². The molecule has 0 amide bonds. The maximum Gasteiger partial charge on any atom is 0.247 e. The van der Waals surface area contributed by atoms with Crippen LogP contribution in [0.5, 0.6) is 0 Å². The first-order chi connectivity index (χ1) is 12.7. The highest BCUT2D eigenvalue weighted by atomic mass is 127. The van der Waals surface area contributed by atoms with Gasteiger partial charge in [-0.15, -0.1) is 5.10 Å². The van der Waals surface area contributed by atoms with Crippen LogP contribution in [-0.2, 0) is 0 Å². The number of alkyl halides is 1. The Morgan fingerprint density at radius 1 is 1.08 bits per heavy atom. The zero-order valence-electron chi connectivity index (χ0n) is 14.0. The lowest BCUT2D eigenvalue weighted by Gasteiger charge is -2.09. The van der Waals surface area contributed by atoms with Crippen molar-refractivity contribution in [3.05, 3.63) is 53.6 Å². The predicted molar refractivity (Wildman–Crippen MR) is 112 cm³/mol. The summed E-state index contributed by atoms with van der Waals surface area (Å²) >= 11 is 8.41. The Labute approximate surface area is 168 Å². The molecule has 2 N–H and O–H groups in total. The first-order valence-electron chi connectivity index (χ1n) is 7.61. The molecule has 4 aromatic rings. The van der Waals surface area contributed by atoms with E-state index in [1.165, 1.54) is 0 Å². The Bertz CT molecular complexity index is 1030. The number of rotatable bonds is 3. The second kappa shape index (κ2) is 8.37. The minimum atomic E-state index is 0.444. The lowest BCUT2D eigenvalue weighted by molar-refractivity contribution is 1.04. The van der Waals surface area contributed by atoms with Gasteiger partial charge in [-0.2, -0.15) is 4.98 Å². The summed E-state index contributed by atoms with van der Waals surface area (Å²) in [6.45, 7) is 1.83. The maximum atomic E-state index is 6.26. The molecule has 0 aliphatic carbocycles. The third-order valence-corrected chi connectivity index (χ3v) is 3.77. The monoisotopic (exact) mass is 479 g/mol. The predicted octanol–water partition coefficient (Wildman–Crippen LogP) is 4.57. The van der Waals surface area contributed by atoms with Crippen LogP contribution in [-0.4, -0.2) is 35.1 Å². The Morgan fingerprint density at radius 2 is 1.88 bits per heavy atom. The normalized spacial score (nSPS) is 10.3. The first kappa shape index (κ1) is 18.5. The third-order valence-electron chi connectivity index (χ3n) is 3.44. The van der Waals surface area contributed by atoms with Crippen molar-refractivity contribution in [2.75, 3.05) is 10.2 Å². The molecule has 3 aromatic heterocycles. The smallest absolute Gasteiger partial charge is 0.247 e. The van der Waals surface area contributed by atoms with E-state index in [0.717, 1.165) is 10.9 Å². The van der Waals surface area contributed by atoms with Crippen LogP contribution in [0.4, 0.5) is 11.8 Å². The van der Waals surface area contributed by atoms with Crippen molar-refractivity contribution < 1.29 is 0 Å². The lowest BCUT2D eigenvalue weighted by Crippen LogP contribution is -2.01. The molecule has 26 heavy (non-hydrogen) atoms. The first-order valence-corrected chi connectivity index (χ1v) is 10.1. The average molecular weight is 480 g/mol. The van der Waals surface area contributed by atoms with E-state index < -0.39 is 0 Å². The molecule has 7 nitrogen and oxygen atoms in total. The fraction of sp³-hybridized carbons (Fsp3) is 0.118. The second-order valence-corrected chi connectivity index (χ2v) is 5.55. The van der Waals surface area contributed by atoms with E-state index in [-0.39, 0.29) is 0 Å². The number of halogens is 2. The average Bonchev–Trinajstić information content (AvgIpc) is 3.08. The van der Waals surface area contributed by atoms with Crippen LogP contribution in [0, 0.1) is 6.92 Å². The van der Waals surface area contributed by atoms with E-state index in [4.69, 9.17) is 11.6 Å². The number of aromatic amines is 1. The molecule has 1 aromatic carbocycles. The minimum Gasteiger partial charge on any atom is -0.307 e. The van der Waals surface area contributed by atoms with E-state index in [2.05, 4.69) is 58.0 Å². The summed E-state index contributed by atoms with van der Waals surface area (Å²) in [5.41, 5.74) is 1.45. The molecule has 4 rings (SSSR count). The fourth-order valence-corrected chi connectivity index (χ4v) is 2.53. The summed E-state index contributed by atoms with van der Waals surface area (Å²) in [5.74, 6) is 2.25. The van der Waals surface area contributed by atoms with Crippen LogP contribution in [0.2, 0.25) is 5.02 Å². The molecule has 0 unspecified atom stereocenters. The molecule has 132 valence electrons. The molecule has 0 spiro atoms. The van der Waals surface area contributed by atoms with Gasteiger partial charge in [0.05, 0.1) is 16.1 Å². The van der Waals surface area contributed by atoms with Crippen molar-refractivity contribution in [1.29, 1.82) is 0 Å². The topological polar surface area (TPSA) is 92.3 Å². The number of pyridine rings is 1. The lowest BCUT2D eigenvalue weighted by atomic mass is 10.2. The molecule has 0 aliphatic heterocycles. The SMILES string of the molecule is CI.Cc1nc(Nc2nc(-c3cnccc3Cl)nc3ccccc23)n[nH]1. The van der Waals surface area contributed by atoms with Gasteiger partial charge in [-0.1, -0.05) is 46.3 Å². The number of aromatic nitrogens is 6. The Morgan fingerprint density at radius 3 is 2.62 bits per heavy atom. The van der Waals surface area contributed by atoms with E-state index >= 15 is 0 Å². The van der Waals surface area contributed by atoms with Crippen LogP contribution in [0.25, 0.3) is 22.3 Å². The number of hydrogen-bond donors (Lipinski definition) is 2. The van der Waals surface area contributed by atoms with Gasteiger partial charge in [-0.05, 0) is 30.1 Å². The highest BCUT2D eigenvalue weighted by molar-refractivity contribution is 14.1. The molecule has 0 saturated heterocycles. The number of nitrogens with one attached hydrogen (secondary N) is 2. The molecule has 0 atom stereocenters. The van der Waals surface area contributed by atoms with Gasteiger partial charge in [0.25, 0.3) is 0 Å². The highest BCUT2D eigenvalue weighted by Gasteiger charge is 2.13. The van der Waals surface area contributed by atoms with Gasteiger partial charge < -0.3 is 5.32 Å². The van der Waals surface area contributed by atoms with Gasteiger partial charge in [0, 0.05) is 17.8 Å². The largest absolute Gasteiger partial charge is 0.307 e. The summed E-state index contributed by atoms with van der Waals surface area (Å²) in [7, 11) is 0. The quantitative estimate of drug-likeness (QED) is 0.330. The number of anilines is 2. The van der Waals surface area contributed by atoms with Crippen LogP contribution in [0.15, 0.2) is 42.7 Å². The maximum absolute atomic E-state index is 6.26. The Hall–Kier alpha value is -2.33. The molecular weight excluding hydrogens is 465 g/mol. The van der Waals surface area contributed by atoms with E-state index in [1.807, 2.05) is 36.1 Å². The number of aryl methyl sites for hydroxylation is 1. The number of nitrogens with zero attached hydrogens (tertiary/aromatic N) is 5. The van der Waals surface area contributed by atoms with Gasteiger partial charge >= 0.3 is 0 Å². The highest BCUT2D eigenvalue weighted by Crippen LogP contribution is 2.29. The van der Waals surface area contributed by atoms with Gasteiger partial charge in [0.2, 0.25) is 5.95 Å². The summed E-state index contributed by atoms with van der Waals surface area (Å²) in [6.07, 6.45) is 3.27. The Kier molecular flexibility index (Phi) is 5.94. The van der Waals surface area contributed by atoms with Crippen molar-refractivity contribution in [3.8, 4) is 11.4 Å². The van der Waals surface area contributed by atoms with Crippen molar-refractivity contribution in [2.45, 2.75) is 6.92 Å². The molecule has 9 heteroatoms. The van der Waals surface area contributed by atoms with Crippen LogP contribution < -0.4 is 5.32 Å². The number of benzene rings is 1. The summed E-state index contributed by atoms with van der Waals surface area (Å²) in [4.78, 5) is 19.5. The number of para-hydroxylation sites is 1. The van der Waals surface area contributed by atoms with Crippen LogP contribution in [0.3, 0.4) is 0 Å². The molecule has 3 heterocycles. The second-order valence-electron chi connectivity index (χ2n) is 5.14. The van der Waals surface area contributed by atoms with Crippen LogP contribution in [0.1, 0.15) is 5.82 Å². The van der Waals surface area contributed by atoms with Crippen LogP contribution >= 0.6 is 34.2 Å². The summed E-state index contributed by atoms with van der Waals surface area (Å²) < 4.78 is 0. The summed E-state index contributed by atoms with van der Waals surface area (Å²) in [5, 5.41) is 11.4. The number of H-pyrrole nitrogens is 1. The zero-order chi connectivity index (χ0) is 18.5. The molecule has 0 radical (unpaired) electrons. The van der Waals surface area contributed by atoms with Gasteiger partial charge in [0.15, 0.2) is 5.82 Å². The van der Waals surface area contributed by atoms with Gasteiger partial charge in [-0.25, -0.2) is 9.97 Å². The number of hydrogen-bond acceptors (Lipinski definition) is 6. The minimum absolute atomic E-state index is 0.444. The molecule has 0 fully saturated rings. The molecule has 0 aliphatic rings. The molecule has 0 bridgehead atoms.